The van der Waals surface area contributed by atoms with E-state index in [1.54, 1.807) is 6.08 Å². The van der Waals surface area contributed by atoms with Gasteiger partial charge in [0.15, 0.2) is 0 Å². The molecule has 0 atom stereocenters. The Kier molecular flexibility index (Phi) is 5.49. The van der Waals surface area contributed by atoms with Crippen molar-refractivity contribution in [3.8, 4) is 0 Å². The van der Waals surface area contributed by atoms with Crippen molar-refractivity contribution in [3.63, 3.8) is 0 Å². The molecule has 0 unspecified atom stereocenters. The average molecular weight is 294 g/mol. The maximum absolute atomic E-state index is 12.0. The second-order valence-electron chi connectivity index (χ2n) is 4.80. The van der Waals surface area contributed by atoms with E-state index >= 15 is 0 Å². The molecular formula is C18H18N2O2. The first-order chi connectivity index (χ1) is 10.6. The molecule has 0 saturated heterocycles. The Labute approximate surface area is 129 Å². The lowest BCUT2D eigenvalue weighted by molar-refractivity contribution is -0.119. The van der Waals surface area contributed by atoms with Gasteiger partial charge in [-0.2, -0.15) is 0 Å². The Morgan fingerprint density at radius 1 is 1.00 bits per heavy atom. The van der Waals surface area contributed by atoms with Crippen molar-refractivity contribution >= 4 is 23.6 Å². The zero-order valence-electron chi connectivity index (χ0n) is 12.4. The van der Waals surface area contributed by atoms with Crippen molar-refractivity contribution in [2.45, 2.75) is 13.5 Å². The molecule has 2 rings (SSSR count). The van der Waals surface area contributed by atoms with Gasteiger partial charge >= 0.3 is 0 Å². The van der Waals surface area contributed by atoms with Gasteiger partial charge in [-0.1, -0.05) is 48.5 Å². The Morgan fingerprint density at radius 2 is 1.68 bits per heavy atom. The molecule has 112 valence electrons. The lowest BCUT2D eigenvalue weighted by Crippen LogP contribution is -2.20. The van der Waals surface area contributed by atoms with Gasteiger partial charge in [0, 0.05) is 25.2 Å². The van der Waals surface area contributed by atoms with Crippen LogP contribution in [0.5, 0.6) is 0 Å². The molecule has 0 aliphatic carbocycles. The van der Waals surface area contributed by atoms with Crippen molar-refractivity contribution < 1.29 is 9.59 Å². The Hall–Kier alpha value is -2.88. The predicted octanol–water partition coefficient (Wildman–Crippen LogP) is 2.97. The Morgan fingerprint density at radius 3 is 2.41 bits per heavy atom. The van der Waals surface area contributed by atoms with Crippen molar-refractivity contribution in [3.05, 3.63) is 71.8 Å². The maximum atomic E-state index is 12.0. The van der Waals surface area contributed by atoms with E-state index < -0.39 is 0 Å². The summed E-state index contributed by atoms with van der Waals surface area (Å²) in [5, 5.41) is 5.55. The van der Waals surface area contributed by atoms with E-state index in [9.17, 15) is 9.59 Å². The average Bonchev–Trinajstić information content (AvgIpc) is 2.53. The van der Waals surface area contributed by atoms with Crippen LogP contribution in [-0.2, 0) is 16.1 Å². The fraction of sp³-hybridized carbons (Fsp3) is 0.111. The van der Waals surface area contributed by atoms with Gasteiger partial charge in [-0.05, 0) is 23.3 Å². The first-order valence-electron chi connectivity index (χ1n) is 7.01. The highest BCUT2D eigenvalue weighted by Gasteiger charge is 2.04. The summed E-state index contributed by atoms with van der Waals surface area (Å²) in [6, 6.07) is 17.0. The van der Waals surface area contributed by atoms with Crippen LogP contribution >= 0.6 is 0 Å². The summed E-state index contributed by atoms with van der Waals surface area (Å²) in [7, 11) is 0. The molecule has 22 heavy (non-hydrogen) atoms. The number of amides is 2. The van der Waals surface area contributed by atoms with E-state index in [0.29, 0.717) is 12.2 Å². The first kappa shape index (κ1) is 15.5. The summed E-state index contributed by atoms with van der Waals surface area (Å²) in [4.78, 5) is 23.0. The number of carbonyl (C=O) groups excluding carboxylic acids is 2. The minimum atomic E-state index is -0.209. The van der Waals surface area contributed by atoms with E-state index in [2.05, 4.69) is 10.6 Å². The van der Waals surface area contributed by atoms with E-state index in [4.69, 9.17) is 0 Å². The highest BCUT2D eigenvalue weighted by Crippen LogP contribution is 2.15. The van der Waals surface area contributed by atoms with Gasteiger partial charge in [0.1, 0.15) is 0 Å². The van der Waals surface area contributed by atoms with E-state index in [1.165, 1.54) is 13.0 Å². The minimum absolute atomic E-state index is 0.106. The number of anilines is 1. The molecule has 0 spiro atoms. The van der Waals surface area contributed by atoms with Crippen LogP contribution in [0.1, 0.15) is 18.1 Å². The highest BCUT2D eigenvalue weighted by molar-refractivity contribution is 6.02. The second-order valence-corrected chi connectivity index (χ2v) is 4.80. The fourth-order valence-electron chi connectivity index (χ4n) is 1.93. The van der Waals surface area contributed by atoms with Crippen molar-refractivity contribution in [1.82, 2.24) is 5.32 Å². The molecule has 4 nitrogen and oxygen atoms in total. The van der Waals surface area contributed by atoms with Crippen molar-refractivity contribution in [1.29, 1.82) is 0 Å². The number of benzene rings is 2. The maximum Gasteiger partial charge on any atom is 0.248 e. The molecular weight excluding hydrogens is 276 g/mol. The topological polar surface area (TPSA) is 58.2 Å². The monoisotopic (exact) mass is 294 g/mol. The first-order valence-corrected chi connectivity index (χ1v) is 7.01. The Bertz CT molecular complexity index is 678. The van der Waals surface area contributed by atoms with Crippen LogP contribution in [0.3, 0.4) is 0 Å². The van der Waals surface area contributed by atoms with Gasteiger partial charge in [-0.3, -0.25) is 9.59 Å². The number of hydrogen-bond acceptors (Lipinski definition) is 2. The van der Waals surface area contributed by atoms with Gasteiger partial charge < -0.3 is 10.6 Å². The van der Waals surface area contributed by atoms with E-state index in [-0.39, 0.29) is 11.8 Å². The molecule has 0 aromatic heterocycles. The minimum Gasteiger partial charge on any atom is -0.352 e. The van der Waals surface area contributed by atoms with Crippen LogP contribution < -0.4 is 10.6 Å². The summed E-state index contributed by atoms with van der Waals surface area (Å²) in [6.45, 7) is 1.85. The molecule has 0 bridgehead atoms. The van der Waals surface area contributed by atoms with E-state index in [0.717, 1.165) is 11.1 Å². The van der Waals surface area contributed by atoms with Crippen LogP contribution in [0, 0.1) is 0 Å². The van der Waals surface area contributed by atoms with Crippen LogP contribution in [0.15, 0.2) is 60.7 Å². The lowest BCUT2D eigenvalue weighted by atomic mass is 10.1. The van der Waals surface area contributed by atoms with Crippen LogP contribution in [0.2, 0.25) is 0 Å². The standard InChI is InChI=1S/C18H18N2O2/c1-14(21)19-13-16-9-5-6-10-17(16)20-18(22)12-11-15-7-3-2-4-8-15/h2-12H,13H2,1H3,(H,19,21)(H,20,22). The summed E-state index contributed by atoms with van der Waals surface area (Å²) in [6.07, 6.45) is 3.25. The largest absolute Gasteiger partial charge is 0.352 e. The second kappa shape index (κ2) is 7.78. The summed E-state index contributed by atoms with van der Waals surface area (Å²) >= 11 is 0. The fourth-order valence-corrected chi connectivity index (χ4v) is 1.93. The van der Waals surface area contributed by atoms with E-state index in [1.807, 2.05) is 54.6 Å². The molecule has 0 heterocycles. The third-order valence-electron chi connectivity index (χ3n) is 3.03. The van der Waals surface area contributed by atoms with Crippen molar-refractivity contribution in [2.75, 3.05) is 5.32 Å². The van der Waals surface area contributed by atoms with Gasteiger partial charge in [0.25, 0.3) is 0 Å². The summed E-state index contributed by atoms with van der Waals surface area (Å²) < 4.78 is 0. The molecule has 0 aliphatic heterocycles. The number of carbonyl (C=O) groups is 2. The van der Waals surface area contributed by atoms with Gasteiger partial charge in [0.2, 0.25) is 11.8 Å². The summed E-state index contributed by atoms with van der Waals surface area (Å²) in [5.74, 6) is -0.316. The van der Waals surface area contributed by atoms with Crippen molar-refractivity contribution in [2.24, 2.45) is 0 Å². The normalized spacial score (nSPS) is 10.4. The molecule has 2 amide bonds. The predicted molar refractivity (Wildman–Crippen MR) is 88.1 cm³/mol. The molecule has 4 heteroatoms. The molecule has 0 radical (unpaired) electrons. The summed E-state index contributed by atoms with van der Waals surface area (Å²) in [5.41, 5.74) is 2.52. The zero-order chi connectivity index (χ0) is 15.8. The van der Waals surface area contributed by atoms with Gasteiger partial charge in [-0.15, -0.1) is 0 Å². The SMILES string of the molecule is CC(=O)NCc1ccccc1NC(=O)C=Cc1ccccc1. The van der Waals surface area contributed by atoms with Crippen LogP contribution in [-0.4, -0.2) is 11.8 Å². The molecule has 0 saturated carbocycles. The number of nitrogens with one attached hydrogen (secondary N) is 2. The molecule has 0 fully saturated rings. The van der Waals surface area contributed by atoms with Gasteiger partial charge in [-0.25, -0.2) is 0 Å². The molecule has 2 aromatic rings. The highest BCUT2D eigenvalue weighted by atomic mass is 16.2. The zero-order valence-corrected chi connectivity index (χ0v) is 12.4. The number of para-hydroxylation sites is 1. The third kappa shape index (κ3) is 4.90. The molecule has 2 aromatic carbocycles. The lowest BCUT2D eigenvalue weighted by Gasteiger charge is -2.10. The smallest absolute Gasteiger partial charge is 0.248 e. The third-order valence-corrected chi connectivity index (χ3v) is 3.03. The molecule has 0 aliphatic rings. The quantitative estimate of drug-likeness (QED) is 0.833. The van der Waals surface area contributed by atoms with Gasteiger partial charge in [0.05, 0.1) is 0 Å². The van der Waals surface area contributed by atoms with Crippen LogP contribution in [0.4, 0.5) is 5.69 Å². The van der Waals surface area contributed by atoms with Crippen LogP contribution in [0.25, 0.3) is 6.08 Å². The molecule has 2 N–H and O–H groups in total. The number of rotatable bonds is 5. The Balaban J connectivity index is 2.02. The number of hydrogen-bond donors (Lipinski definition) is 2.